The van der Waals surface area contributed by atoms with E-state index in [2.05, 4.69) is 0 Å². The Bertz CT molecular complexity index is 377. The number of nitrogen functional groups attached to an aromatic ring is 1. The predicted octanol–water partition coefficient (Wildman–Crippen LogP) is 1.73. The van der Waals surface area contributed by atoms with Gasteiger partial charge < -0.3 is 5.73 Å². The number of carbonyl (C=O) groups excluding carboxylic acids is 1. The largest absolute Gasteiger partial charge is 0.398 e. The average Bonchev–Trinajstić information content (AvgIpc) is 2.16. The van der Waals surface area contributed by atoms with Gasteiger partial charge in [-0.3, -0.25) is 4.79 Å². The fourth-order valence-corrected chi connectivity index (χ4v) is 1.08. The summed E-state index contributed by atoms with van der Waals surface area (Å²) in [6, 6.07) is 6.67. The quantitative estimate of drug-likeness (QED) is 0.548. The lowest BCUT2D eigenvalue weighted by atomic mass is 10.0. The molecule has 0 amide bonds. The van der Waals surface area contributed by atoms with Gasteiger partial charge in [0, 0.05) is 17.7 Å². The third-order valence-corrected chi connectivity index (χ3v) is 1.80. The minimum absolute atomic E-state index is 0.00184. The number of carbonyl (C=O) groups is 1. The standard InChI is InChI=1S/C10H10N2O/c1-2-10(13)8-4-3-7(6-11)5-9(8)12/h3-5H,2,12H2,1H3. The van der Waals surface area contributed by atoms with E-state index in [0.29, 0.717) is 23.2 Å². The van der Waals surface area contributed by atoms with Crippen LogP contribution in [-0.4, -0.2) is 5.78 Å². The molecule has 66 valence electrons. The summed E-state index contributed by atoms with van der Waals surface area (Å²) in [6.07, 6.45) is 0.427. The molecule has 0 heterocycles. The summed E-state index contributed by atoms with van der Waals surface area (Å²) < 4.78 is 0. The van der Waals surface area contributed by atoms with Crippen LogP contribution in [0.1, 0.15) is 29.3 Å². The molecule has 0 atom stereocenters. The number of anilines is 1. The van der Waals surface area contributed by atoms with Crippen molar-refractivity contribution in [1.29, 1.82) is 5.26 Å². The Hall–Kier alpha value is -1.82. The number of hydrogen-bond donors (Lipinski definition) is 1. The van der Waals surface area contributed by atoms with Crippen molar-refractivity contribution in [2.75, 3.05) is 5.73 Å². The average molecular weight is 174 g/mol. The molecule has 0 bridgehead atoms. The molecule has 0 aliphatic carbocycles. The number of benzene rings is 1. The smallest absolute Gasteiger partial charge is 0.164 e. The first-order valence-electron chi connectivity index (χ1n) is 4.02. The summed E-state index contributed by atoms with van der Waals surface area (Å²) in [5.41, 5.74) is 6.96. The summed E-state index contributed by atoms with van der Waals surface area (Å²) >= 11 is 0. The first-order valence-corrected chi connectivity index (χ1v) is 4.02. The first kappa shape index (κ1) is 9.27. The van der Waals surface area contributed by atoms with Crippen LogP contribution in [0.2, 0.25) is 0 Å². The minimum Gasteiger partial charge on any atom is -0.398 e. The van der Waals surface area contributed by atoms with E-state index in [0.717, 1.165) is 0 Å². The maximum Gasteiger partial charge on any atom is 0.164 e. The monoisotopic (exact) mass is 174 g/mol. The molecule has 0 aliphatic heterocycles. The fraction of sp³-hybridized carbons (Fsp3) is 0.200. The Morgan fingerprint density at radius 1 is 1.62 bits per heavy atom. The van der Waals surface area contributed by atoms with Gasteiger partial charge >= 0.3 is 0 Å². The van der Waals surface area contributed by atoms with E-state index in [1.54, 1.807) is 19.1 Å². The number of Topliss-reactive ketones (excluding diaryl/α,β-unsaturated/α-hetero) is 1. The van der Waals surface area contributed by atoms with Crippen LogP contribution in [0.5, 0.6) is 0 Å². The highest BCUT2D eigenvalue weighted by Crippen LogP contribution is 2.15. The zero-order valence-electron chi connectivity index (χ0n) is 7.37. The van der Waals surface area contributed by atoms with Crippen molar-refractivity contribution in [2.45, 2.75) is 13.3 Å². The van der Waals surface area contributed by atoms with Gasteiger partial charge in [0.1, 0.15) is 0 Å². The molecule has 0 spiro atoms. The fourth-order valence-electron chi connectivity index (χ4n) is 1.08. The maximum absolute atomic E-state index is 11.3. The third kappa shape index (κ3) is 1.85. The van der Waals surface area contributed by atoms with Crippen molar-refractivity contribution in [3.8, 4) is 6.07 Å². The summed E-state index contributed by atoms with van der Waals surface area (Å²) in [4.78, 5) is 11.3. The summed E-state index contributed by atoms with van der Waals surface area (Å²) in [6.45, 7) is 1.78. The molecular formula is C10H10N2O. The molecule has 0 radical (unpaired) electrons. The van der Waals surface area contributed by atoms with E-state index in [-0.39, 0.29) is 5.78 Å². The highest BCUT2D eigenvalue weighted by Gasteiger charge is 2.07. The zero-order valence-corrected chi connectivity index (χ0v) is 7.37. The van der Waals surface area contributed by atoms with E-state index in [4.69, 9.17) is 11.0 Å². The van der Waals surface area contributed by atoms with Gasteiger partial charge in [-0.25, -0.2) is 0 Å². The van der Waals surface area contributed by atoms with E-state index in [1.807, 2.05) is 6.07 Å². The van der Waals surface area contributed by atoms with Crippen LogP contribution in [0, 0.1) is 11.3 Å². The molecule has 0 saturated heterocycles. The van der Waals surface area contributed by atoms with Crippen molar-refractivity contribution in [1.82, 2.24) is 0 Å². The molecule has 1 rings (SSSR count). The third-order valence-electron chi connectivity index (χ3n) is 1.80. The minimum atomic E-state index is 0.00184. The molecule has 0 fully saturated rings. The van der Waals surface area contributed by atoms with Crippen LogP contribution >= 0.6 is 0 Å². The highest BCUT2D eigenvalue weighted by molar-refractivity contribution is 6.00. The van der Waals surface area contributed by atoms with Gasteiger partial charge in [-0.1, -0.05) is 6.92 Å². The Balaban J connectivity index is 3.14. The lowest BCUT2D eigenvalue weighted by molar-refractivity contribution is 0.0989. The molecule has 3 heteroatoms. The van der Waals surface area contributed by atoms with Crippen molar-refractivity contribution >= 4 is 11.5 Å². The van der Waals surface area contributed by atoms with Gasteiger partial charge in [0.05, 0.1) is 11.6 Å². The van der Waals surface area contributed by atoms with E-state index >= 15 is 0 Å². The van der Waals surface area contributed by atoms with E-state index in [9.17, 15) is 4.79 Å². The Morgan fingerprint density at radius 2 is 2.31 bits per heavy atom. The second-order valence-electron chi connectivity index (χ2n) is 2.69. The van der Waals surface area contributed by atoms with Crippen LogP contribution in [0.3, 0.4) is 0 Å². The number of nitrogens with zero attached hydrogens (tertiary/aromatic N) is 1. The molecule has 3 nitrogen and oxygen atoms in total. The van der Waals surface area contributed by atoms with Crippen molar-refractivity contribution in [3.05, 3.63) is 29.3 Å². The Kier molecular flexibility index (Phi) is 2.65. The second-order valence-corrected chi connectivity index (χ2v) is 2.69. The molecule has 2 N–H and O–H groups in total. The lowest BCUT2D eigenvalue weighted by Crippen LogP contribution is -2.02. The topological polar surface area (TPSA) is 66.9 Å². The van der Waals surface area contributed by atoms with Gasteiger partial charge in [-0.05, 0) is 18.2 Å². The SMILES string of the molecule is CCC(=O)c1ccc(C#N)cc1N. The Morgan fingerprint density at radius 3 is 2.77 bits per heavy atom. The van der Waals surface area contributed by atoms with Gasteiger partial charge in [-0.2, -0.15) is 5.26 Å². The first-order chi connectivity index (χ1) is 6.19. The van der Waals surface area contributed by atoms with Crippen LogP contribution in [0.4, 0.5) is 5.69 Å². The van der Waals surface area contributed by atoms with Crippen molar-refractivity contribution < 1.29 is 4.79 Å². The Labute approximate surface area is 76.8 Å². The summed E-state index contributed by atoms with van der Waals surface area (Å²) in [5.74, 6) is 0.00184. The molecule has 0 unspecified atom stereocenters. The van der Waals surface area contributed by atoms with Gasteiger partial charge in [0.15, 0.2) is 5.78 Å². The molecule has 0 aromatic heterocycles. The van der Waals surface area contributed by atoms with Crippen molar-refractivity contribution in [2.24, 2.45) is 0 Å². The van der Waals surface area contributed by atoms with Crippen LogP contribution in [0.25, 0.3) is 0 Å². The van der Waals surface area contributed by atoms with Gasteiger partial charge in [0.2, 0.25) is 0 Å². The molecular weight excluding hydrogens is 164 g/mol. The van der Waals surface area contributed by atoms with Crippen LogP contribution in [-0.2, 0) is 0 Å². The van der Waals surface area contributed by atoms with E-state index in [1.165, 1.54) is 6.07 Å². The zero-order chi connectivity index (χ0) is 9.84. The molecule has 13 heavy (non-hydrogen) atoms. The number of ketones is 1. The van der Waals surface area contributed by atoms with Gasteiger partial charge in [0.25, 0.3) is 0 Å². The van der Waals surface area contributed by atoms with E-state index < -0.39 is 0 Å². The number of hydrogen-bond acceptors (Lipinski definition) is 3. The van der Waals surface area contributed by atoms with Crippen LogP contribution < -0.4 is 5.73 Å². The normalized spacial score (nSPS) is 9.23. The highest BCUT2D eigenvalue weighted by atomic mass is 16.1. The van der Waals surface area contributed by atoms with Crippen molar-refractivity contribution in [3.63, 3.8) is 0 Å². The second kappa shape index (κ2) is 3.72. The summed E-state index contributed by atoms with van der Waals surface area (Å²) in [7, 11) is 0. The molecule has 0 aliphatic rings. The summed E-state index contributed by atoms with van der Waals surface area (Å²) in [5, 5.41) is 8.56. The lowest BCUT2D eigenvalue weighted by Gasteiger charge is -2.02. The molecule has 0 saturated carbocycles. The maximum atomic E-state index is 11.3. The predicted molar refractivity (Wildman–Crippen MR) is 50.2 cm³/mol. The number of nitrogens with two attached hydrogens (primary N) is 1. The molecule has 1 aromatic rings. The van der Waals surface area contributed by atoms with Gasteiger partial charge in [-0.15, -0.1) is 0 Å². The number of nitriles is 1. The molecule has 1 aromatic carbocycles. The number of rotatable bonds is 2. The van der Waals surface area contributed by atoms with Crippen LogP contribution in [0.15, 0.2) is 18.2 Å².